The molecule has 0 spiro atoms. The Morgan fingerprint density at radius 1 is 1.19 bits per heavy atom. The summed E-state index contributed by atoms with van der Waals surface area (Å²) in [5.74, 6) is -3.75. The number of halogens is 5. The Labute approximate surface area is 169 Å². The molecule has 0 aliphatic carbocycles. The van der Waals surface area contributed by atoms with Crippen molar-refractivity contribution < 1.29 is 32.9 Å². The van der Waals surface area contributed by atoms with Crippen LogP contribution in [0, 0.1) is 21.0 Å². The van der Waals surface area contributed by atoms with Gasteiger partial charge in [0.25, 0.3) is 0 Å². The van der Waals surface area contributed by atoms with E-state index < -0.39 is 42.7 Å². The highest BCUT2D eigenvalue weighted by Gasteiger charge is 2.23. The van der Waals surface area contributed by atoms with Crippen LogP contribution in [0.2, 0.25) is 0 Å². The number of carbonyl (C=O) groups excluding carboxylic acids is 1. The molecule has 0 fully saturated rings. The summed E-state index contributed by atoms with van der Waals surface area (Å²) >= 11 is 4.75. The number of hydrogen-bond donors (Lipinski definition) is 2. The van der Waals surface area contributed by atoms with Gasteiger partial charge in [0.1, 0.15) is 12.4 Å². The summed E-state index contributed by atoms with van der Waals surface area (Å²) in [6, 6.07) is 5.39. The molecular weight excluding hydrogens is 532 g/mol. The van der Waals surface area contributed by atoms with Crippen molar-refractivity contribution in [1.29, 1.82) is 0 Å². The van der Waals surface area contributed by atoms with Crippen molar-refractivity contribution in [2.45, 2.75) is 12.7 Å². The van der Waals surface area contributed by atoms with Gasteiger partial charge in [-0.1, -0.05) is 6.07 Å². The average Bonchev–Trinajstić information content (AvgIpc) is 2.56. The molecule has 2 N–H and O–H groups in total. The van der Waals surface area contributed by atoms with Crippen LogP contribution in [0.25, 0.3) is 0 Å². The first-order chi connectivity index (χ1) is 12.2. The number of ketones is 1. The highest BCUT2D eigenvalue weighted by atomic mass is 127. The van der Waals surface area contributed by atoms with Gasteiger partial charge >= 0.3 is 0 Å². The molecule has 0 bridgehead atoms. The third kappa shape index (κ3) is 5.26. The lowest BCUT2D eigenvalue weighted by atomic mass is 9.96. The van der Waals surface area contributed by atoms with Crippen LogP contribution in [-0.2, 0) is 11.2 Å². The molecular formula is C17H13BrF3IO4. The molecule has 0 heterocycles. The van der Waals surface area contributed by atoms with Crippen LogP contribution in [0.15, 0.2) is 28.7 Å². The molecule has 0 amide bonds. The Bertz CT molecular complexity index is 830. The van der Waals surface area contributed by atoms with E-state index in [0.29, 0.717) is 3.57 Å². The zero-order chi connectivity index (χ0) is 19.4. The zero-order valence-electron chi connectivity index (χ0n) is 13.1. The van der Waals surface area contributed by atoms with E-state index in [-0.39, 0.29) is 27.6 Å². The lowest BCUT2D eigenvalue weighted by Gasteiger charge is -2.13. The Balaban J connectivity index is 2.39. The van der Waals surface area contributed by atoms with Gasteiger partial charge in [-0.15, -0.1) is 0 Å². The second-order valence-electron chi connectivity index (χ2n) is 5.34. The van der Waals surface area contributed by atoms with E-state index in [1.807, 2.05) is 22.6 Å². The van der Waals surface area contributed by atoms with Gasteiger partial charge in [0.05, 0.1) is 11.1 Å². The number of carbonyl (C=O) groups is 1. The first-order valence-corrected chi connectivity index (χ1v) is 9.15. The van der Waals surface area contributed by atoms with E-state index in [2.05, 4.69) is 15.9 Å². The molecule has 2 aromatic rings. The minimum atomic E-state index is -1.76. The van der Waals surface area contributed by atoms with Gasteiger partial charge in [0.2, 0.25) is 0 Å². The molecule has 140 valence electrons. The zero-order valence-corrected chi connectivity index (χ0v) is 16.9. The van der Waals surface area contributed by atoms with Gasteiger partial charge in [-0.25, -0.2) is 13.2 Å². The standard InChI is InChI=1S/C17H13BrF3IO4/c18-12-5-10(14(23)6-26-7-15(24)25)11(16(20)17(12)21)3-8-1-2-9(22)4-13(8)19/h1-2,4-5,15,24-25H,3,6-7H2. The summed E-state index contributed by atoms with van der Waals surface area (Å²) in [6.45, 7) is -1.09. The third-order valence-electron chi connectivity index (χ3n) is 3.45. The van der Waals surface area contributed by atoms with Crippen LogP contribution in [0.1, 0.15) is 21.5 Å². The molecule has 2 rings (SSSR count). The summed E-state index contributed by atoms with van der Waals surface area (Å²) < 4.78 is 47.6. The summed E-state index contributed by atoms with van der Waals surface area (Å²) in [5.41, 5.74) is -0.378. The summed E-state index contributed by atoms with van der Waals surface area (Å²) in [6.07, 6.45) is -2.09. The average molecular weight is 545 g/mol. The maximum Gasteiger partial charge on any atom is 0.188 e. The number of hydrogen-bond acceptors (Lipinski definition) is 4. The normalized spacial score (nSPS) is 11.2. The van der Waals surface area contributed by atoms with Crippen LogP contribution >= 0.6 is 38.5 Å². The van der Waals surface area contributed by atoms with E-state index in [0.717, 1.165) is 6.07 Å². The molecule has 0 aliphatic rings. The number of ether oxygens (including phenoxy) is 1. The van der Waals surface area contributed by atoms with E-state index in [4.69, 9.17) is 14.9 Å². The Morgan fingerprint density at radius 2 is 1.88 bits per heavy atom. The monoisotopic (exact) mass is 544 g/mol. The minimum absolute atomic E-state index is 0.104. The predicted octanol–water partition coefficient (Wildman–Crippen LogP) is 3.57. The maximum atomic E-state index is 14.4. The summed E-state index contributed by atoms with van der Waals surface area (Å²) in [7, 11) is 0. The first-order valence-electron chi connectivity index (χ1n) is 7.28. The number of aliphatic hydroxyl groups is 2. The molecule has 0 saturated carbocycles. The number of benzene rings is 2. The Morgan fingerprint density at radius 3 is 2.50 bits per heavy atom. The number of rotatable bonds is 7. The van der Waals surface area contributed by atoms with Crippen LogP contribution in [0.5, 0.6) is 0 Å². The van der Waals surface area contributed by atoms with Gasteiger partial charge in [0, 0.05) is 21.1 Å². The van der Waals surface area contributed by atoms with Crippen molar-refractivity contribution in [3.63, 3.8) is 0 Å². The molecule has 0 unspecified atom stereocenters. The molecule has 9 heteroatoms. The Hall–Kier alpha value is -1.01. The molecule has 0 aromatic heterocycles. The van der Waals surface area contributed by atoms with Crippen LogP contribution in [-0.4, -0.2) is 35.5 Å². The van der Waals surface area contributed by atoms with E-state index >= 15 is 0 Å². The SMILES string of the molecule is O=C(COCC(O)O)c1cc(Br)c(F)c(F)c1Cc1ccc(I)cc1F. The smallest absolute Gasteiger partial charge is 0.188 e. The fourth-order valence-corrected chi connectivity index (χ4v) is 3.10. The van der Waals surface area contributed by atoms with E-state index in [9.17, 15) is 18.0 Å². The first kappa shape index (κ1) is 21.3. The van der Waals surface area contributed by atoms with Crippen molar-refractivity contribution in [1.82, 2.24) is 0 Å². The second kappa shape index (κ2) is 9.27. The van der Waals surface area contributed by atoms with E-state index in [1.54, 1.807) is 6.07 Å². The molecule has 4 nitrogen and oxygen atoms in total. The number of Topliss-reactive ketones (excluding diaryl/α,β-unsaturated/α-hetero) is 1. The van der Waals surface area contributed by atoms with Crippen LogP contribution in [0.4, 0.5) is 13.2 Å². The summed E-state index contributed by atoms with van der Waals surface area (Å²) in [5, 5.41) is 17.4. The second-order valence-corrected chi connectivity index (χ2v) is 7.44. The van der Waals surface area contributed by atoms with Gasteiger partial charge in [-0.05, 0) is 62.3 Å². The van der Waals surface area contributed by atoms with Gasteiger partial charge in [0.15, 0.2) is 23.7 Å². The van der Waals surface area contributed by atoms with Crippen LogP contribution < -0.4 is 0 Å². The van der Waals surface area contributed by atoms with Crippen molar-refractivity contribution in [2.24, 2.45) is 0 Å². The molecule has 0 aliphatic heterocycles. The highest BCUT2D eigenvalue weighted by Crippen LogP contribution is 2.28. The molecule has 0 saturated heterocycles. The van der Waals surface area contributed by atoms with Crippen molar-refractivity contribution in [2.75, 3.05) is 13.2 Å². The summed E-state index contributed by atoms with van der Waals surface area (Å²) in [4.78, 5) is 12.3. The van der Waals surface area contributed by atoms with Crippen molar-refractivity contribution in [3.8, 4) is 0 Å². The molecule has 0 radical (unpaired) electrons. The van der Waals surface area contributed by atoms with Crippen LogP contribution in [0.3, 0.4) is 0 Å². The lowest BCUT2D eigenvalue weighted by molar-refractivity contribution is -0.0908. The largest absolute Gasteiger partial charge is 0.368 e. The van der Waals surface area contributed by atoms with E-state index in [1.165, 1.54) is 12.1 Å². The topological polar surface area (TPSA) is 66.8 Å². The van der Waals surface area contributed by atoms with Gasteiger partial charge in [-0.2, -0.15) is 0 Å². The lowest BCUT2D eigenvalue weighted by Crippen LogP contribution is -2.19. The minimum Gasteiger partial charge on any atom is -0.368 e. The molecule has 0 atom stereocenters. The fraction of sp³-hybridized carbons (Fsp3) is 0.235. The Kier molecular flexibility index (Phi) is 7.59. The van der Waals surface area contributed by atoms with Gasteiger partial charge in [-0.3, -0.25) is 4.79 Å². The van der Waals surface area contributed by atoms with Gasteiger partial charge < -0.3 is 14.9 Å². The number of aliphatic hydroxyl groups excluding tert-OH is 1. The van der Waals surface area contributed by atoms with Crippen molar-refractivity contribution >= 4 is 44.3 Å². The third-order valence-corrected chi connectivity index (χ3v) is 4.69. The maximum absolute atomic E-state index is 14.4. The molecule has 2 aromatic carbocycles. The molecule has 26 heavy (non-hydrogen) atoms. The quantitative estimate of drug-likeness (QED) is 0.242. The fourth-order valence-electron chi connectivity index (χ4n) is 2.24. The van der Waals surface area contributed by atoms with Crippen molar-refractivity contribution in [3.05, 3.63) is 66.5 Å². The predicted molar refractivity (Wildman–Crippen MR) is 99.4 cm³/mol. The highest BCUT2D eigenvalue weighted by molar-refractivity contribution is 14.1.